The maximum Gasteiger partial charge on any atom is 0.305 e. The van der Waals surface area contributed by atoms with E-state index in [1.165, 1.54) is 12.5 Å². The van der Waals surface area contributed by atoms with Gasteiger partial charge in [0.15, 0.2) is 5.11 Å². The van der Waals surface area contributed by atoms with Gasteiger partial charge >= 0.3 is 5.69 Å². The Morgan fingerprint density at radius 3 is 2.72 bits per heavy atom. The van der Waals surface area contributed by atoms with E-state index >= 15 is 0 Å². The highest BCUT2D eigenvalue weighted by Crippen LogP contribution is 2.29. The highest BCUT2D eigenvalue weighted by molar-refractivity contribution is 7.80. The quantitative estimate of drug-likeness (QED) is 0.431. The summed E-state index contributed by atoms with van der Waals surface area (Å²) in [6.07, 6.45) is 3.32. The standard InChI is InChI=1S/C16H21FN4O3S/c1-9-4-3-5-13(10(9)2)18-16(25)20-19-15(22)11-6-7-12(17)14(8-11)21(23)24/h6-10,13H,3-5H2,1-2H3,(H,19,22)(H2,18,20,25)/t9-,10+,13+/m0/s1. The first-order chi connectivity index (χ1) is 11.8. The fourth-order valence-corrected chi connectivity index (χ4v) is 3.17. The van der Waals surface area contributed by atoms with Gasteiger partial charge < -0.3 is 5.32 Å². The van der Waals surface area contributed by atoms with Crippen LogP contribution in [0.25, 0.3) is 0 Å². The summed E-state index contributed by atoms with van der Waals surface area (Å²) in [6, 6.07) is 3.16. The molecule has 0 spiro atoms. The van der Waals surface area contributed by atoms with Crippen LogP contribution in [-0.4, -0.2) is 22.0 Å². The molecule has 0 bridgehead atoms. The molecule has 1 aliphatic carbocycles. The molecule has 1 aliphatic rings. The third-order valence-electron chi connectivity index (χ3n) is 4.72. The molecule has 9 heteroatoms. The molecule has 1 aromatic rings. The van der Waals surface area contributed by atoms with Crippen LogP contribution in [0.4, 0.5) is 10.1 Å². The first-order valence-electron chi connectivity index (χ1n) is 8.10. The smallest absolute Gasteiger partial charge is 0.305 e. The molecule has 3 atom stereocenters. The molecule has 0 saturated heterocycles. The summed E-state index contributed by atoms with van der Waals surface area (Å²) in [6.45, 7) is 4.37. The SMILES string of the molecule is C[C@@H]1[C@@H](C)CCC[C@H]1NC(=S)NNC(=O)c1ccc(F)c([N+](=O)[O-])c1. The molecule has 0 aliphatic heterocycles. The lowest BCUT2D eigenvalue weighted by Crippen LogP contribution is -2.52. The summed E-state index contributed by atoms with van der Waals surface area (Å²) in [5.41, 5.74) is 4.16. The summed E-state index contributed by atoms with van der Waals surface area (Å²) in [4.78, 5) is 21.9. The minimum Gasteiger partial charge on any atom is -0.358 e. The average molecular weight is 368 g/mol. The zero-order valence-electron chi connectivity index (χ0n) is 14.0. The Hall–Kier alpha value is -2.29. The number of thiocarbonyl (C=S) groups is 1. The number of nitro groups is 1. The third-order valence-corrected chi connectivity index (χ3v) is 4.94. The minimum absolute atomic E-state index is 0.0388. The number of nitrogens with one attached hydrogen (secondary N) is 3. The van der Waals surface area contributed by atoms with E-state index in [2.05, 4.69) is 30.0 Å². The number of halogens is 1. The number of hydrogen-bond donors (Lipinski definition) is 3. The fourth-order valence-electron chi connectivity index (χ4n) is 2.97. The van der Waals surface area contributed by atoms with E-state index in [-0.39, 0.29) is 16.7 Å². The highest BCUT2D eigenvalue weighted by atomic mass is 32.1. The molecule has 0 aromatic heterocycles. The van der Waals surface area contributed by atoms with Crippen LogP contribution in [-0.2, 0) is 0 Å². The zero-order chi connectivity index (χ0) is 18.6. The van der Waals surface area contributed by atoms with Crippen LogP contribution in [0.15, 0.2) is 18.2 Å². The van der Waals surface area contributed by atoms with Crippen molar-refractivity contribution in [2.45, 2.75) is 39.2 Å². The van der Waals surface area contributed by atoms with Crippen LogP contribution in [0, 0.1) is 27.8 Å². The Bertz CT molecular complexity index is 685. The molecule has 1 saturated carbocycles. The normalized spacial score (nSPS) is 22.8. The van der Waals surface area contributed by atoms with Crippen LogP contribution in [0.1, 0.15) is 43.5 Å². The first-order valence-corrected chi connectivity index (χ1v) is 8.51. The second-order valence-electron chi connectivity index (χ2n) is 6.35. The van der Waals surface area contributed by atoms with Crippen LogP contribution in [0.5, 0.6) is 0 Å². The molecule has 0 unspecified atom stereocenters. The van der Waals surface area contributed by atoms with Crippen molar-refractivity contribution in [2.75, 3.05) is 0 Å². The Kier molecular flexibility index (Phi) is 6.24. The lowest BCUT2D eigenvalue weighted by Gasteiger charge is -2.35. The van der Waals surface area contributed by atoms with Crippen molar-refractivity contribution >= 4 is 28.9 Å². The summed E-state index contributed by atoms with van der Waals surface area (Å²) in [5.74, 6) is -0.572. The lowest BCUT2D eigenvalue weighted by atomic mass is 9.78. The molecule has 25 heavy (non-hydrogen) atoms. The molecule has 0 heterocycles. The van der Waals surface area contributed by atoms with Crippen LogP contribution >= 0.6 is 12.2 Å². The molecule has 7 nitrogen and oxygen atoms in total. The van der Waals surface area contributed by atoms with Gasteiger partial charge in [0.25, 0.3) is 5.91 Å². The van der Waals surface area contributed by atoms with E-state index in [1.54, 1.807) is 0 Å². The molecular formula is C16H21FN4O3S. The zero-order valence-corrected chi connectivity index (χ0v) is 14.9. The maximum absolute atomic E-state index is 13.3. The molecular weight excluding hydrogens is 347 g/mol. The Balaban J connectivity index is 1.90. The van der Waals surface area contributed by atoms with Crippen molar-refractivity contribution in [3.05, 3.63) is 39.7 Å². The monoisotopic (exact) mass is 368 g/mol. The number of carbonyl (C=O) groups excluding carboxylic acids is 1. The second-order valence-corrected chi connectivity index (χ2v) is 6.76. The number of hydrazine groups is 1. The summed E-state index contributed by atoms with van der Waals surface area (Å²) >= 11 is 5.18. The van der Waals surface area contributed by atoms with Gasteiger partial charge in [-0.05, 0) is 42.6 Å². The van der Waals surface area contributed by atoms with Gasteiger partial charge in [-0.1, -0.05) is 26.7 Å². The van der Waals surface area contributed by atoms with Crippen molar-refractivity contribution in [1.29, 1.82) is 0 Å². The van der Waals surface area contributed by atoms with Crippen molar-refractivity contribution < 1.29 is 14.1 Å². The van der Waals surface area contributed by atoms with Gasteiger partial charge in [0.1, 0.15) is 0 Å². The van der Waals surface area contributed by atoms with Gasteiger partial charge in [-0.2, -0.15) is 4.39 Å². The largest absolute Gasteiger partial charge is 0.358 e. The molecule has 136 valence electrons. The van der Waals surface area contributed by atoms with Gasteiger partial charge in [0, 0.05) is 17.7 Å². The average Bonchev–Trinajstić information content (AvgIpc) is 2.57. The van der Waals surface area contributed by atoms with Crippen LogP contribution < -0.4 is 16.2 Å². The van der Waals surface area contributed by atoms with Crippen LogP contribution in [0.3, 0.4) is 0 Å². The van der Waals surface area contributed by atoms with E-state index in [0.717, 1.165) is 25.0 Å². The summed E-state index contributed by atoms with van der Waals surface area (Å²) < 4.78 is 13.3. The fraction of sp³-hybridized carbons (Fsp3) is 0.500. The molecule has 1 amide bonds. The predicted molar refractivity (Wildman–Crippen MR) is 95.4 cm³/mol. The number of nitro benzene ring substituents is 1. The number of carbonyl (C=O) groups is 1. The topological polar surface area (TPSA) is 96.3 Å². The molecule has 3 N–H and O–H groups in total. The van der Waals surface area contributed by atoms with E-state index in [0.29, 0.717) is 11.8 Å². The predicted octanol–water partition coefficient (Wildman–Crippen LogP) is 2.67. The number of benzene rings is 1. The Morgan fingerprint density at radius 1 is 1.32 bits per heavy atom. The number of amides is 1. The van der Waals surface area contributed by atoms with Crippen molar-refractivity contribution in [3.63, 3.8) is 0 Å². The molecule has 1 fully saturated rings. The number of nitrogens with zero attached hydrogens (tertiary/aromatic N) is 1. The van der Waals surface area contributed by atoms with E-state index < -0.39 is 22.3 Å². The highest BCUT2D eigenvalue weighted by Gasteiger charge is 2.27. The van der Waals surface area contributed by atoms with Crippen molar-refractivity contribution in [1.82, 2.24) is 16.2 Å². The third kappa shape index (κ3) is 4.85. The van der Waals surface area contributed by atoms with Gasteiger partial charge in [0.05, 0.1) is 4.92 Å². The van der Waals surface area contributed by atoms with Crippen molar-refractivity contribution in [2.24, 2.45) is 11.8 Å². The Labute approximate surface area is 150 Å². The van der Waals surface area contributed by atoms with Gasteiger partial charge in [-0.25, -0.2) is 0 Å². The minimum atomic E-state index is -0.993. The molecule has 2 rings (SSSR count). The summed E-state index contributed by atoms with van der Waals surface area (Å²) in [7, 11) is 0. The second kappa shape index (κ2) is 8.19. The van der Waals surface area contributed by atoms with Gasteiger partial charge in [-0.3, -0.25) is 25.8 Å². The van der Waals surface area contributed by atoms with Crippen LogP contribution in [0.2, 0.25) is 0 Å². The maximum atomic E-state index is 13.3. The van der Waals surface area contributed by atoms with Gasteiger partial charge in [0.2, 0.25) is 5.82 Å². The number of rotatable bonds is 3. The van der Waals surface area contributed by atoms with Gasteiger partial charge in [-0.15, -0.1) is 0 Å². The van der Waals surface area contributed by atoms with E-state index in [4.69, 9.17) is 12.2 Å². The lowest BCUT2D eigenvalue weighted by molar-refractivity contribution is -0.387. The first kappa shape index (κ1) is 19.0. The van der Waals surface area contributed by atoms with Crippen molar-refractivity contribution in [3.8, 4) is 0 Å². The molecule has 1 aromatic carbocycles. The summed E-state index contributed by atoms with van der Waals surface area (Å²) in [5, 5.41) is 14.2. The Morgan fingerprint density at radius 2 is 2.04 bits per heavy atom. The van der Waals surface area contributed by atoms with E-state index in [9.17, 15) is 19.3 Å². The molecule has 0 radical (unpaired) electrons. The van der Waals surface area contributed by atoms with E-state index in [1.807, 2.05) is 0 Å². The number of hydrogen-bond acceptors (Lipinski definition) is 4.